The van der Waals surface area contributed by atoms with Gasteiger partial charge in [0, 0.05) is 31.1 Å². The summed E-state index contributed by atoms with van der Waals surface area (Å²) in [4.78, 5) is 26.6. The SMILES string of the molecule is COc1ccc(CNC(=O)C2CCN(C(=O)c3ccc(F)cc3)CC2)cc1. The Morgan fingerprint density at radius 3 is 2.30 bits per heavy atom. The van der Waals surface area contributed by atoms with Crippen molar-refractivity contribution in [3.8, 4) is 5.75 Å². The quantitative estimate of drug-likeness (QED) is 0.880. The first kappa shape index (κ1) is 18.9. The third kappa shape index (κ3) is 4.84. The van der Waals surface area contributed by atoms with Crippen LogP contribution in [0.4, 0.5) is 4.39 Å². The molecule has 0 saturated carbocycles. The smallest absolute Gasteiger partial charge is 0.253 e. The molecule has 27 heavy (non-hydrogen) atoms. The molecule has 1 aliphatic heterocycles. The van der Waals surface area contributed by atoms with E-state index in [2.05, 4.69) is 5.32 Å². The fourth-order valence-corrected chi connectivity index (χ4v) is 3.20. The second-order valence-corrected chi connectivity index (χ2v) is 6.64. The van der Waals surface area contributed by atoms with E-state index in [1.165, 1.54) is 24.3 Å². The summed E-state index contributed by atoms with van der Waals surface area (Å²) in [5.41, 5.74) is 1.48. The molecule has 1 N–H and O–H groups in total. The van der Waals surface area contributed by atoms with Gasteiger partial charge in [-0.15, -0.1) is 0 Å². The Morgan fingerprint density at radius 1 is 1.07 bits per heavy atom. The normalized spacial score (nSPS) is 14.7. The number of carbonyl (C=O) groups excluding carboxylic acids is 2. The summed E-state index contributed by atoms with van der Waals surface area (Å²) in [6.45, 7) is 1.52. The number of nitrogens with one attached hydrogen (secondary N) is 1. The van der Waals surface area contributed by atoms with Crippen LogP contribution in [0.15, 0.2) is 48.5 Å². The van der Waals surface area contributed by atoms with E-state index in [1.807, 2.05) is 24.3 Å². The van der Waals surface area contributed by atoms with E-state index >= 15 is 0 Å². The van der Waals surface area contributed by atoms with Crippen LogP contribution in [-0.4, -0.2) is 36.9 Å². The molecule has 0 unspecified atom stereocenters. The van der Waals surface area contributed by atoms with Crippen LogP contribution >= 0.6 is 0 Å². The van der Waals surface area contributed by atoms with Crippen molar-refractivity contribution in [1.82, 2.24) is 10.2 Å². The number of rotatable bonds is 5. The zero-order valence-corrected chi connectivity index (χ0v) is 15.3. The molecule has 1 aliphatic rings. The lowest BCUT2D eigenvalue weighted by atomic mass is 9.95. The highest BCUT2D eigenvalue weighted by Crippen LogP contribution is 2.20. The van der Waals surface area contributed by atoms with Crippen LogP contribution in [-0.2, 0) is 11.3 Å². The van der Waals surface area contributed by atoms with Gasteiger partial charge in [-0.2, -0.15) is 0 Å². The number of carbonyl (C=O) groups is 2. The molecule has 2 aromatic carbocycles. The topological polar surface area (TPSA) is 58.6 Å². The number of ether oxygens (including phenoxy) is 1. The molecular weight excluding hydrogens is 347 g/mol. The van der Waals surface area contributed by atoms with E-state index in [1.54, 1.807) is 12.0 Å². The van der Waals surface area contributed by atoms with Gasteiger partial charge in [0.2, 0.25) is 5.91 Å². The van der Waals surface area contributed by atoms with Crippen LogP contribution < -0.4 is 10.1 Å². The Bertz CT molecular complexity index is 782. The first-order valence-corrected chi connectivity index (χ1v) is 9.02. The molecule has 0 bridgehead atoms. The highest BCUT2D eigenvalue weighted by molar-refractivity contribution is 5.94. The molecule has 1 saturated heterocycles. The number of nitrogens with zero attached hydrogens (tertiary/aromatic N) is 1. The van der Waals surface area contributed by atoms with Gasteiger partial charge in [-0.3, -0.25) is 9.59 Å². The van der Waals surface area contributed by atoms with Crippen molar-refractivity contribution in [3.63, 3.8) is 0 Å². The minimum Gasteiger partial charge on any atom is -0.497 e. The third-order valence-electron chi connectivity index (χ3n) is 4.87. The van der Waals surface area contributed by atoms with Gasteiger partial charge in [0.25, 0.3) is 5.91 Å². The van der Waals surface area contributed by atoms with E-state index in [9.17, 15) is 14.0 Å². The second kappa shape index (κ2) is 8.66. The van der Waals surface area contributed by atoms with E-state index in [0.29, 0.717) is 38.0 Å². The molecular formula is C21H23FN2O3. The van der Waals surface area contributed by atoms with Gasteiger partial charge in [-0.1, -0.05) is 12.1 Å². The standard InChI is InChI=1S/C21H23FN2O3/c1-27-19-8-2-15(3-9-19)14-23-20(25)16-10-12-24(13-11-16)21(26)17-4-6-18(22)7-5-17/h2-9,16H,10-14H2,1H3,(H,23,25). The fourth-order valence-electron chi connectivity index (χ4n) is 3.20. The van der Waals surface area contributed by atoms with Crippen LogP contribution in [0.1, 0.15) is 28.8 Å². The predicted molar refractivity (Wildman–Crippen MR) is 99.9 cm³/mol. The highest BCUT2D eigenvalue weighted by Gasteiger charge is 2.27. The van der Waals surface area contributed by atoms with Gasteiger partial charge in [0.05, 0.1) is 7.11 Å². The molecule has 0 atom stereocenters. The highest BCUT2D eigenvalue weighted by atomic mass is 19.1. The Balaban J connectivity index is 1.47. The monoisotopic (exact) mass is 370 g/mol. The lowest BCUT2D eigenvalue weighted by molar-refractivity contribution is -0.126. The van der Waals surface area contributed by atoms with E-state index < -0.39 is 0 Å². The molecule has 0 aromatic heterocycles. The fraction of sp³-hybridized carbons (Fsp3) is 0.333. The summed E-state index contributed by atoms with van der Waals surface area (Å²) in [6, 6.07) is 13.1. The Kier molecular flexibility index (Phi) is 6.06. The molecule has 2 aromatic rings. The summed E-state index contributed by atoms with van der Waals surface area (Å²) in [7, 11) is 1.62. The van der Waals surface area contributed by atoms with Crippen molar-refractivity contribution in [1.29, 1.82) is 0 Å². The first-order chi connectivity index (χ1) is 13.1. The van der Waals surface area contributed by atoms with Crippen molar-refractivity contribution in [2.45, 2.75) is 19.4 Å². The molecule has 6 heteroatoms. The largest absolute Gasteiger partial charge is 0.497 e. The Morgan fingerprint density at radius 2 is 1.70 bits per heavy atom. The Labute approximate surface area is 158 Å². The van der Waals surface area contributed by atoms with Crippen molar-refractivity contribution in [2.24, 2.45) is 5.92 Å². The predicted octanol–water partition coefficient (Wildman–Crippen LogP) is 3.00. The summed E-state index contributed by atoms with van der Waals surface area (Å²) in [5.74, 6) is 0.217. The van der Waals surface area contributed by atoms with Gasteiger partial charge < -0.3 is 15.0 Å². The number of methoxy groups -OCH3 is 1. The van der Waals surface area contributed by atoms with Gasteiger partial charge in [0.1, 0.15) is 11.6 Å². The summed E-state index contributed by atoms with van der Waals surface area (Å²) in [6.07, 6.45) is 1.25. The van der Waals surface area contributed by atoms with Crippen LogP contribution in [0.2, 0.25) is 0 Å². The maximum atomic E-state index is 13.0. The lowest BCUT2D eigenvalue weighted by Crippen LogP contribution is -2.42. The molecule has 1 fully saturated rings. The van der Waals surface area contributed by atoms with E-state index in [0.717, 1.165) is 11.3 Å². The first-order valence-electron chi connectivity index (χ1n) is 9.02. The zero-order chi connectivity index (χ0) is 19.2. The number of amides is 2. The molecule has 5 nitrogen and oxygen atoms in total. The average Bonchev–Trinajstić information content (AvgIpc) is 2.72. The zero-order valence-electron chi connectivity index (χ0n) is 15.3. The molecule has 1 heterocycles. The van der Waals surface area contributed by atoms with Gasteiger partial charge in [-0.05, 0) is 54.8 Å². The number of hydrogen-bond donors (Lipinski definition) is 1. The van der Waals surface area contributed by atoms with Crippen LogP contribution in [0, 0.1) is 11.7 Å². The lowest BCUT2D eigenvalue weighted by Gasteiger charge is -2.31. The van der Waals surface area contributed by atoms with Gasteiger partial charge in [0.15, 0.2) is 0 Å². The van der Waals surface area contributed by atoms with E-state index in [-0.39, 0.29) is 23.5 Å². The average molecular weight is 370 g/mol. The van der Waals surface area contributed by atoms with Gasteiger partial charge in [-0.25, -0.2) is 4.39 Å². The molecule has 3 rings (SSSR count). The van der Waals surface area contributed by atoms with Crippen molar-refractivity contribution in [3.05, 3.63) is 65.5 Å². The summed E-state index contributed by atoms with van der Waals surface area (Å²) in [5, 5.41) is 2.96. The Hall–Kier alpha value is -2.89. The van der Waals surface area contributed by atoms with Crippen LogP contribution in [0.25, 0.3) is 0 Å². The summed E-state index contributed by atoms with van der Waals surface area (Å²) >= 11 is 0. The number of halogens is 1. The molecule has 0 radical (unpaired) electrons. The third-order valence-corrected chi connectivity index (χ3v) is 4.87. The summed E-state index contributed by atoms with van der Waals surface area (Å²) < 4.78 is 18.1. The van der Waals surface area contributed by atoms with Crippen molar-refractivity contribution >= 4 is 11.8 Å². The van der Waals surface area contributed by atoms with Crippen LogP contribution in [0.5, 0.6) is 5.75 Å². The van der Waals surface area contributed by atoms with Gasteiger partial charge >= 0.3 is 0 Å². The minimum atomic E-state index is -0.362. The number of piperidine rings is 1. The van der Waals surface area contributed by atoms with Crippen molar-refractivity contribution in [2.75, 3.05) is 20.2 Å². The minimum absolute atomic E-state index is 0.0136. The molecule has 142 valence electrons. The molecule has 2 amide bonds. The number of hydrogen-bond acceptors (Lipinski definition) is 3. The molecule has 0 aliphatic carbocycles. The van der Waals surface area contributed by atoms with E-state index in [4.69, 9.17) is 4.74 Å². The maximum Gasteiger partial charge on any atom is 0.253 e. The van der Waals surface area contributed by atoms with Crippen LogP contribution in [0.3, 0.4) is 0 Å². The maximum absolute atomic E-state index is 13.0. The number of likely N-dealkylation sites (tertiary alicyclic amines) is 1. The van der Waals surface area contributed by atoms with Crippen molar-refractivity contribution < 1.29 is 18.7 Å². The number of benzene rings is 2. The second-order valence-electron chi connectivity index (χ2n) is 6.64. The molecule has 0 spiro atoms.